The monoisotopic (exact) mass is 404 g/mol. The lowest BCUT2D eigenvalue weighted by atomic mass is 10.0. The average molecular weight is 405 g/mol. The fourth-order valence-corrected chi connectivity index (χ4v) is 4.29. The van der Waals surface area contributed by atoms with Crippen molar-refractivity contribution in [3.63, 3.8) is 0 Å². The Morgan fingerprint density at radius 2 is 1.93 bits per heavy atom. The zero-order valence-corrected chi connectivity index (χ0v) is 16.7. The number of amides is 1. The van der Waals surface area contributed by atoms with E-state index in [1.807, 2.05) is 6.07 Å². The van der Waals surface area contributed by atoms with Gasteiger partial charge in [0.1, 0.15) is 10.8 Å². The van der Waals surface area contributed by atoms with E-state index in [0.29, 0.717) is 24.0 Å². The van der Waals surface area contributed by atoms with Gasteiger partial charge in [-0.15, -0.1) is 21.5 Å². The lowest BCUT2D eigenvalue weighted by molar-refractivity contribution is 0.0950. The van der Waals surface area contributed by atoms with Gasteiger partial charge >= 0.3 is 0 Å². The van der Waals surface area contributed by atoms with Crippen LogP contribution in [0.2, 0.25) is 0 Å². The van der Waals surface area contributed by atoms with Crippen molar-refractivity contribution in [2.45, 2.75) is 33.0 Å². The van der Waals surface area contributed by atoms with Crippen molar-refractivity contribution in [2.24, 2.45) is 5.92 Å². The summed E-state index contributed by atoms with van der Waals surface area (Å²) >= 11 is 3.00. The summed E-state index contributed by atoms with van der Waals surface area (Å²) in [4.78, 5) is 13.5. The Morgan fingerprint density at radius 1 is 1.15 bits per heavy atom. The van der Waals surface area contributed by atoms with E-state index in [9.17, 15) is 9.18 Å². The van der Waals surface area contributed by atoms with Crippen molar-refractivity contribution in [1.82, 2.24) is 20.8 Å². The van der Waals surface area contributed by atoms with Crippen LogP contribution in [0.3, 0.4) is 0 Å². The van der Waals surface area contributed by atoms with Gasteiger partial charge in [0, 0.05) is 17.5 Å². The molecule has 0 aliphatic carbocycles. The number of carbonyl (C=O) groups is 1. The fraction of sp³-hybridized carbons (Fsp3) is 0.316. The van der Waals surface area contributed by atoms with Gasteiger partial charge in [-0.2, -0.15) is 0 Å². The summed E-state index contributed by atoms with van der Waals surface area (Å²) in [6.07, 6.45) is 0. The van der Waals surface area contributed by atoms with E-state index in [4.69, 9.17) is 0 Å². The molecule has 0 unspecified atom stereocenters. The first-order chi connectivity index (χ1) is 13.0. The molecule has 3 rings (SSSR count). The van der Waals surface area contributed by atoms with Crippen LogP contribution < -0.4 is 10.6 Å². The Bertz CT molecular complexity index is 862. The average Bonchev–Trinajstić information content (AvgIpc) is 3.33. The Kier molecular flexibility index (Phi) is 6.65. The van der Waals surface area contributed by atoms with Gasteiger partial charge in [0.2, 0.25) is 5.01 Å². The highest BCUT2D eigenvalue weighted by atomic mass is 32.1. The van der Waals surface area contributed by atoms with Crippen molar-refractivity contribution in [1.29, 1.82) is 0 Å². The number of halogens is 1. The van der Waals surface area contributed by atoms with Crippen LogP contribution in [-0.4, -0.2) is 16.1 Å². The molecule has 2 aromatic heterocycles. The largest absolute Gasteiger partial charge is 0.346 e. The van der Waals surface area contributed by atoms with Crippen molar-refractivity contribution in [3.8, 4) is 0 Å². The topological polar surface area (TPSA) is 66.9 Å². The van der Waals surface area contributed by atoms with Gasteiger partial charge in [0.25, 0.3) is 5.91 Å². The van der Waals surface area contributed by atoms with E-state index in [-0.39, 0.29) is 17.8 Å². The van der Waals surface area contributed by atoms with Crippen molar-refractivity contribution in [3.05, 3.63) is 68.1 Å². The molecule has 0 bridgehead atoms. The summed E-state index contributed by atoms with van der Waals surface area (Å²) in [5, 5.41) is 17.6. The molecule has 0 saturated heterocycles. The third-order valence-corrected chi connectivity index (χ3v) is 5.89. The third-order valence-electron chi connectivity index (χ3n) is 4.02. The first kappa shape index (κ1) is 19.6. The Balaban J connectivity index is 1.54. The molecule has 0 aliphatic heterocycles. The molecule has 27 heavy (non-hydrogen) atoms. The summed E-state index contributed by atoms with van der Waals surface area (Å²) < 4.78 is 12.9. The molecule has 5 nitrogen and oxygen atoms in total. The highest BCUT2D eigenvalue weighted by Gasteiger charge is 2.18. The quantitative estimate of drug-likeness (QED) is 0.592. The number of rotatable bonds is 8. The van der Waals surface area contributed by atoms with E-state index in [2.05, 4.69) is 46.1 Å². The Morgan fingerprint density at radius 3 is 2.59 bits per heavy atom. The van der Waals surface area contributed by atoms with Crippen LogP contribution in [0, 0.1) is 11.7 Å². The van der Waals surface area contributed by atoms with Crippen LogP contribution in [0.15, 0.2) is 41.8 Å². The molecule has 1 atom stereocenters. The van der Waals surface area contributed by atoms with Crippen molar-refractivity contribution >= 4 is 28.6 Å². The van der Waals surface area contributed by atoms with Gasteiger partial charge in [0.05, 0.1) is 6.54 Å². The number of aromatic nitrogens is 2. The summed E-state index contributed by atoms with van der Waals surface area (Å²) in [5.41, 5.74) is 0.826. The second-order valence-corrected chi connectivity index (χ2v) is 8.47. The minimum absolute atomic E-state index is 0.240. The second kappa shape index (κ2) is 9.16. The lowest BCUT2D eigenvalue weighted by Gasteiger charge is -2.20. The molecule has 0 saturated carbocycles. The van der Waals surface area contributed by atoms with Crippen LogP contribution in [0.5, 0.6) is 0 Å². The van der Waals surface area contributed by atoms with Gasteiger partial charge in [0.15, 0.2) is 0 Å². The molecule has 0 spiro atoms. The van der Waals surface area contributed by atoms with Gasteiger partial charge < -0.3 is 10.6 Å². The summed E-state index contributed by atoms with van der Waals surface area (Å²) in [6, 6.07) is 10.4. The van der Waals surface area contributed by atoms with E-state index < -0.39 is 0 Å². The minimum Gasteiger partial charge on any atom is -0.346 e. The molecule has 0 aliphatic rings. The molecule has 8 heteroatoms. The van der Waals surface area contributed by atoms with Crippen LogP contribution in [-0.2, 0) is 13.1 Å². The highest BCUT2D eigenvalue weighted by Crippen LogP contribution is 2.26. The maximum absolute atomic E-state index is 12.9. The number of hydrogen-bond acceptors (Lipinski definition) is 6. The lowest BCUT2D eigenvalue weighted by Crippen LogP contribution is -2.24. The van der Waals surface area contributed by atoms with E-state index in [1.54, 1.807) is 23.5 Å². The number of thiophene rings is 1. The number of nitrogens with one attached hydrogen (secondary N) is 2. The zero-order valence-electron chi connectivity index (χ0n) is 15.1. The molecule has 1 amide bonds. The molecule has 142 valence electrons. The molecule has 1 aromatic carbocycles. The number of nitrogens with zero attached hydrogens (tertiary/aromatic N) is 2. The molecule has 0 radical (unpaired) electrons. The van der Waals surface area contributed by atoms with Crippen LogP contribution in [0.1, 0.15) is 45.1 Å². The molecular weight excluding hydrogens is 383 g/mol. The van der Waals surface area contributed by atoms with E-state index in [1.165, 1.54) is 28.3 Å². The highest BCUT2D eigenvalue weighted by molar-refractivity contribution is 7.13. The SMILES string of the molecule is CC(C)[C@H](NCc1nnc(C(=O)NCc2ccc(F)cc2)s1)c1cccs1. The first-order valence-corrected chi connectivity index (χ1v) is 10.3. The molecular formula is C19H21FN4OS2. The van der Waals surface area contributed by atoms with E-state index in [0.717, 1.165) is 10.6 Å². The molecule has 0 fully saturated rings. The first-order valence-electron chi connectivity index (χ1n) is 8.64. The fourth-order valence-electron chi connectivity index (χ4n) is 2.61. The smallest absolute Gasteiger partial charge is 0.282 e. The van der Waals surface area contributed by atoms with E-state index >= 15 is 0 Å². The maximum Gasteiger partial charge on any atom is 0.282 e. The zero-order chi connectivity index (χ0) is 19.2. The normalized spacial score (nSPS) is 12.3. The molecule has 3 aromatic rings. The number of carbonyl (C=O) groups excluding carboxylic acids is 1. The van der Waals surface area contributed by atoms with Gasteiger partial charge in [-0.05, 0) is 35.1 Å². The Hall–Kier alpha value is -2.16. The Labute approximate surface area is 165 Å². The summed E-state index contributed by atoms with van der Waals surface area (Å²) in [7, 11) is 0. The predicted molar refractivity (Wildman–Crippen MR) is 106 cm³/mol. The van der Waals surface area contributed by atoms with Crippen LogP contribution in [0.4, 0.5) is 4.39 Å². The summed E-state index contributed by atoms with van der Waals surface area (Å²) in [5.74, 6) is -0.134. The van der Waals surface area contributed by atoms with Crippen LogP contribution in [0.25, 0.3) is 0 Å². The van der Waals surface area contributed by atoms with Gasteiger partial charge in [-0.3, -0.25) is 4.79 Å². The van der Waals surface area contributed by atoms with Crippen molar-refractivity contribution < 1.29 is 9.18 Å². The molecule has 2 N–H and O–H groups in total. The van der Waals surface area contributed by atoms with Gasteiger partial charge in [-0.1, -0.05) is 43.4 Å². The van der Waals surface area contributed by atoms with Crippen LogP contribution >= 0.6 is 22.7 Å². The molecule has 2 heterocycles. The minimum atomic E-state index is -0.298. The second-order valence-electron chi connectivity index (χ2n) is 6.43. The van der Waals surface area contributed by atoms with Gasteiger partial charge in [-0.25, -0.2) is 4.39 Å². The predicted octanol–water partition coefficient (Wildman–Crippen LogP) is 4.16. The number of benzene rings is 1. The maximum atomic E-state index is 12.9. The third kappa shape index (κ3) is 5.41. The van der Waals surface area contributed by atoms with Crippen molar-refractivity contribution in [2.75, 3.05) is 0 Å². The number of hydrogen-bond donors (Lipinski definition) is 2. The summed E-state index contributed by atoms with van der Waals surface area (Å²) in [6.45, 7) is 5.22. The standard InChI is InChI=1S/C19H21FN4OS2/c1-12(2)17(15-4-3-9-26-15)21-11-16-23-24-19(27-16)18(25)22-10-13-5-7-14(20)8-6-13/h3-9,12,17,21H,10-11H2,1-2H3,(H,22,25)/t17-/m0/s1.